The lowest BCUT2D eigenvalue weighted by Gasteiger charge is -2.29. The molecule has 3 aromatic carbocycles. The number of rotatable bonds is 3. The van der Waals surface area contributed by atoms with E-state index >= 15 is 0 Å². The number of hydroxylamine groups is 1. The van der Waals surface area contributed by atoms with Gasteiger partial charge in [-0.25, -0.2) is 14.4 Å². The summed E-state index contributed by atoms with van der Waals surface area (Å²) in [6, 6.07) is 22.0. The van der Waals surface area contributed by atoms with Crippen LogP contribution in [0.3, 0.4) is 0 Å². The Balaban J connectivity index is 1.60. The van der Waals surface area contributed by atoms with Gasteiger partial charge in [0.15, 0.2) is 6.10 Å². The number of halogens is 1. The van der Waals surface area contributed by atoms with Gasteiger partial charge in [-0.15, -0.1) is 0 Å². The summed E-state index contributed by atoms with van der Waals surface area (Å²) in [6.45, 7) is 1.86. The number of anilines is 2. The van der Waals surface area contributed by atoms with Crippen molar-refractivity contribution in [2.24, 2.45) is 5.92 Å². The minimum absolute atomic E-state index is 0.313. The second kappa shape index (κ2) is 7.07. The number of nitrogens with zero attached hydrogens (tertiary/aromatic N) is 2. The van der Waals surface area contributed by atoms with E-state index in [0.717, 1.165) is 11.3 Å². The maximum Gasteiger partial charge on any atom is 0.266 e. The standard InChI is InChI=1S/C24H19FN2O3/c1-15-7-5-6-10-19(15)26-23(28)20-21(16-11-13-17(25)14-12-16)27(30-22(20)24(26)29)18-8-3-2-4-9-18/h2-14,20-22H,1H3/t20-,21-,22+/m1/s1. The normalized spacial score (nSPS) is 23.2. The molecule has 2 fully saturated rings. The number of imide groups is 1. The predicted molar refractivity (Wildman–Crippen MR) is 110 cm³/mol. The van der Waals surface area contributed by atoms with Gasteiger partial charge >= 0.3 is 0 Å². The van der Waals surface area contributed by atoms with E-state index in [9.17, 15) is 14.0 Å². The molecular weight excluding hydrogens is 383 g/mol. The molecule has 5 rings (SSSR count). The molecule has 150 valence electrons. The minimum atomic E-state index is -0.938. The zero-order valence-electron chi connectivity index (χ0n) is 16.2. The molecule has 2 aliphatic heterocycles. The van der Waals surface area contributed by atoms with Gasteiger partial charge in [0.2, 0.25) is 5.91 Å². The van der Waals surface area contributed by atoms with Crippen LogP contribution in [0, 0.1) is 18.7 Å². The Morgan fingerprint density at radius 3 is 2.20 bits per heavy atom. The van der Waals surface area contributed by atoms with E-state index in [4.69, 9.17) is 4.84 Å². The number of hydrogen-bond acceptors (Lipinski definition) is 4. The lowest BCUT2D eigenvalue weighted by molar-refractivity contribution is -0.126. The first kappa shape index (κ1) is 18.5. The van der Waals surface area contributed by atoms with E-state index in [2.05, 4.69) is 0 Å². The molecule has 0 bridgehead atoms. The summed E-state index contributed by atoms with van der Waals surface area (Å²) in [5.74, 6) is -1.80. The minimum Gasteiger partial charge on any atom is -0.273 e. The van der Waals surface area contributed by atoms with E-state index in [1.54, 1.807) is 29.3 Å². The third kappa shape index (κ3) is 2.80. The van der Waals surface area contributed by atoms with Gasteiger partial charge < -0.3 is 0 Å². The van der Waals surface area contributed by atoms with Crippen molar-refractivity contribution in [3.8, 4) is 0 Å². The SMILES string of the molecule is Cc1ccccc1N1C(=O)[C@H]2[C@H](ON(c3ccccc3)[C@@H]2c2ccc(F)cc2)C1=O. The Labute approximate surface area is 173 Å². The predicted octanol–water partition coefficient (Wildman–Crippen LogP) is 4.19. The zero-order valence-corrected chi connectivity index (χ0v) is 16.2. The van der Waals surface area contributed by atoms with Crippen LogP contribution >= 0.6 is 0 Å². The maximum atomic E-state index is 13.6. The Morgan fingerprint density at radius 2 is 1.50 bits per heavy atom. The van der Waals surface area contributed by atoms with Crippen LogP contribution in [-0.4, -0.2) is 17.9 Å². The first-order valence-corrected chi connectivity index (χ1v) is 9.76. The molecule has 30 heavy (non-hydrogen) atoms. The van der Waals surface area contributed by atoms with Crippen molar-refractivity contribution in [1.29, 1.82) is 0 Å². The molecular formula is C24H19FN2O3. The molecule has 0 aromatic heterocycles. The second-order valence-corrected chi connectivity index (χ2v) is 7.51. The van der Waals surface area contributed by atoms with Crippen molar-refractivity contribution in [2.75, 3.05) is 9.96 Å². The molecule has 0 aliphatic carbocycles. The fourth-order valence-electron chi connectivity index (χ4n) is 4.26. The fraction of sp³-hybridized carbons (Fsp3) is 0.167. The quantitative estimate of drug-likeness (QED) is 0.617. The second-order valence-electron chi connectivity index (χ2n) is 7.51. The molecule has 0 unspecified atom stereocenters. The molecule has 6 heteroatoms. The van der Waals surface area contributed by atoms with E-state index in [1.165, 1.54) is 17.0 Å². The van der Waals surface area contributed by atoms with Gasteiger partial charge in [-0.3, -0.25) is 14.4 Å². The van der Waals surface area contributed by atoms with Gasteiger partial charge in [-0.05, 0) is 48.4 Å². The molecule has 2 saturated heterocycles. The molecule has 2 aliphatic rings. The molecule has 0 saturated carbocycles. The van der Waals surface area contributed by atoms with E-state index < -0.39 is 18.1 Å². The molecule has 0 spiro atoms. The number of para-hydroxylation sites is 2. The van der Waals surface area contributed by atoms with Crippen LogP contribution in [0.1, 0.15) is 17.2 Å². The third-order valence-corrected chi connectivity index (χ3v) is 5.69. The Hall–Kier alpha value is -3.51. The monoisotopic (exact) mass is 402 g/mol. The third-order valence-electron chi connectivity index (χ3n) is 5.69. The summed E-state index contributed by atoms with van der Waals surface area (Å²) in [5.41, 5.74) is 2.83. The lowest BCUT2D eigenvalue weighted by atomic mass is 9.90. The lowest BCUT2D eigenvalue weighted by Crippen LogP contribution is -2.37. The average molecular weight is 402 g/mol. The number of carbonyl (C=O) groups excluding carboxylic acids is 2. The number of fused-ring (bicyclic) bond motifs is 1. The summed E-state index contributed by atoms with van der Waals surface area (Å²) >= 11 is 0. The van der Waals surface area contributed by atoms with Crippen molar-refractivity contribution in [1.82, 2.24) is 0 Å². The largest absolute Gasteiger partial charge is 0.273 e. The van der Waals surface area contributed by atoms with Crippen molar-refractivity contribution in [2.45, 2.75) is 19.1 Å². The summed E-state index contributed by atoms with van der Waals surface area (Å²) in [7, 11) is 0. The highest BCUT2D eigenvalue weighted by Gasteiger charge is 2.60. The van der Waals surface area contributed by atoms with Crippen LogP contribution in [0.15, 0.2) is 78.9 Å². The van der Waals surface area contributed by atoms with Gasteiger partial charge in [0.25, 0.3) is 5.91 Å². The van der Waals surface area contributed by atoms with E-state index in [1.807, 2.05) is 49.4 Å². The van der Waals surface area contributed by atoms with Crippen LogP contribution in [0.4, 0.5) is 15.8 Å². The van der Waals surface area contributed by atoms with Gasteiger partial charge in [-0.2, -0.15) is 0 Å². The number of hydrogen-bond donors (Lipinski definition) is 0. The van der Waals surface area contributed by atoms with Crippen molar-refractivity contribution in [3.63, 3.8) is 0 Å². The summed E-state index contributed by atoms with van der Waals surface area (Å²) < 4.78 is 13.6. The topological polar surface area (TPSA) is 49.9 Å². The highest BCUT2D eigenvalue weighted by atomic mass is 19.1. The van der Waals surface area contributed by atoms with Crippen LogP contribution < -0.4 is 9.96 Å². The first-order chi connectivity index (χ1) is 14.6. The summed E-state index contributed by atoms with van der Waals surface area (Å²) in [5, 5.41) is 1.60. The van der Waals surface area contributed by atoms with Crippen LogP contribution in [0.5, 0.6) is 0 Å². The highest BCUT2D eigenvalue weighted by molar-refractivity contribution is 6.24. The van der Waals surface area contributed by atoms with Gasteiger partial charge in [0.1, 0.15) is 11.7 Å². The van der Waals surface area contributed by atoms with Gasteiger partial charge in [0.05, 0.1) is 17.4 Å². The highest BCUT2D eigenvalue weighted by Crippen LogP contribution is 2.47. The summed E-state index contributed by atoms with van der Waals surface area (Å²) in [6.07, 6.45) is -0.938. The van der Waals surface area contributed by atoms with Crippen LogP contribution in [0.25, 0.3) is 0 Å². The Bertz CT molecular complexity index is 1120. The van der Waals surface area contributed by atoms with E-state index in [0.29, 0.717) is 11.3 Å². The molecule has 2 amide bonds. The van der Waals surface area contributed by atoms with Crippen LogP contribution in [-0.2, 0) is 14.4 Å². The van der Waals surface area contributed by atoms with Gasteiger partial charge in [-0.1, -0.05) is 48.5 Å². The Morgan fingerprint density at radius 1 is 0.833 bits per heavy atom. The smallest absolute Gasteiger partial charge is 0.266 e. The molecule has 0 N–H and O–H groups in total. The van der Waals surface area contributed by atoms with Gasteiger partial charge in [0, 0.05) is 0 Å². The molecule has 0 radical (unpaired) electrons. The van der Waals surface area contributed by atoms with Crippen molar-refractivity contribution in [3.05, 3.63) is 95.8 Å². The first-order valence-electron chi connectivity index (χ1n) is 9.76. The van der Waals surface area contributed by atoms with Crippen molar-refractivity contribution < 1.29 is 18.8 Å². The number of amides is 2. The number of benzene rings is 3. The number of aryl methyl sites for hydroxylation is 1. The van der Waals surface area contributed by atoms with Crippen LogP contribution in [0.2, 0.25) is 0 Å². The fourth-order valence-corrected chi connectivity index (χ4v) is 4.26. The maximum absolute atomic E-state index is 13.6. The Kier molecular flexibility index (Phi) is 4.37. The van der Waals surface area contributed by atoms with E-state index in [-0.39, 0.29) is 17.6 Å². The summed E-state index contributed by atoms with van der Waals surface area (Å²) in [4.78, 5) is 34.0. The molecule has 3 atom stereocenters. The van der Waals surface area contributed by atoms with Crippen molar-refractivity contribution >= 4 is 23.2 Å². The average Bonchev–Trinajstić information content (AvgIpc) is 3.26. The number of carbonyl (C=O) groups is 2. The molecule has 2 heterocycles. The zero-order chi connectivity index (χ0) is 20.8. The molecule has 3 aromatic rings. The molecule has 5 nitrogen and oxygen atoms in total.